The summed E-state index contributed by atoms with van der Waals surface area (Å²) in [6.07, 6.45) is -4.50. The summed E-state index contributed by atoms with van der Waals surface area (Å²) < 4.78 is 38.8. The summed E-state index contributed by atoms with van der Waals surface area (Å²) in [7, 11) is 0. The van der Waals surface area contributed by atoms with E-state index in [1.165, 1.54) is 12.1 Å². The van der Waals surface area contributed by atoms with Crippen LogP contribution in [0.2, 0.25) is 5.02 Å². The lowest BCUT2D eigenvalue weighted by atomic mass is 10.2. The van der Waals surface area contributed by atoms with Crippen LogP contribution >= 0.6 is 11.6 Å². The number of nitrogens with one attached hydrogen (secondary N) is 2. The number of rotatable bonds is 5. The molecule has 0 bridgehead atoms. The third-order valence-corrected chi connectivity index (χ3v) is 3.76. The van der Waals surface area contributed by atoms with Crippen LogP contribution < -0.4 is 16.4 Å². The third kappa shape index (κ3) is 4.46. The van der Waals surface area contributed by atoms with E-state index < -0.39 is 11.7 Å². The van der Waals surface area contributed by atoms with Gasteiger partial charge in [-0.15, -0.1) is 4.91 Å². The molecule has 0 saturated heterocycles. The molecule has 1 heterocycles. The van der Waals surface area contributed by atoms with E-state index in [1.54, 1.807) is 24.3 Å². The molecule has 144 valence electrons. The molecule has 0 unspecified atom stereocenters. The van der Waals surface area contributed by atoms with Gasteiger partial charge in [0.05, 0.1) is 5.56 Å². The Labute approximate surface area is 161 Å². The lowest BCUT2D eigenvalue weighted by Crippen LogP contribution is -2.07. The standard InChI is InChI=1S/C17H12ClF3N6O/c18-10-4-2-6-12(8-10)24-16-15(25-13(22)14(26-16)27-28)23-11-5-1-3-9(7-11)17(19,20)21/h1-8H,(H,24,26)(H3,22,23,25). The van der Waals surface area contributed by atoms with Crippen LogP contribution in [0.1, 0.15) is 5.56 Å². The van der Waals surface area contributed by atoms with Crippen LogP contribution in [0.3, 0.4) is 0 Å². The van der Waals surface area contributed by atoms with Gasteiger partial charge in [0.1, 0.15) is 0 Å². The van der Waals surface area contributed by atoms with Gasteiger partial charge in [-0.3, -0.25) is 0 Å². The fourth-order valence-electron chi connectivity index (χ4n) is 2.29. The largest absolute Gasteiger partial charge is 0.416 e. The molecule has 0 amide bonds. The molecule has 0 spiro atoms. The van der Waals surface area contributed by atoms with Gasteiger partial charge in [-0.05, 0) is 41.6 Å². The van der Waals surface area contributed by atoms with E-state index in [2.05, 4.69) is 25.8 Å². The SMILES string of the molecule is Nc1nc(Nc2cccc(C(F)(F)F)c2)c(Nc2cccc(Cl)c2)nc1N=O. The Morgan fingerprint density at radius 3 is 2.18 bits per heavy atom. The van der Waals surface area contributed by atoms with Crippen LogP contribution in [0.25, 0.3) is 0 Å². The fourth-order valence-corrected chi connectivity index (χ4v) is 2.48. The molecule has 1 aromatic heterocycles. The maximum Gasteiger partial charge on any atom is 0.416 e. The van der Waals surface area contributed by atoms with Gasteiger partial charge in [-0.2, -0.15) is 13.2 Å². The number of hydrogen-bond donors (Lipinski definition) is 3. The topological polar surface area (TPSA) is 105 Å². The summed E-state index contributed by atoms with van der Waals surface area (Å²) in [4.78, 5) is 18.8. The summed E-state index contributed by atoms with van der Waals surface area (Å²) in [6, 6.07) is 11.1. The first-order valence-electron chi connectivity index (χ1n) is 7.74. The van der Waals surface area contributed by atoms with Crippen molar-refractivity contribution in [3.05, 3.63) is 64.0 Å². The molecule has 0 aliphatic carbocycles. The lowest BCUT2D eigenvalue weighted by molar-refractivity contribution is -0.137. The second-order valence-corrected chi connectivity index (χ2v) is 6.00. The average molecular weight is 409 g/mol. The van der Waals surface area contributed by atoms with Gasteiger partial charge in [-0.25, -0.2) is 9.97 Å². The van der Waals surface area contributed by atoms with Crippen LogP contribution in [0.5, 0.6) is 0 Å². The van der Waals surface area contributed by atoms with Crippen molar-refractivity contribution in [2.24, 2.45) is 5.18 Å². The first kappa shape index (κ1) is 19.4. The monoisotopic (exact) mass is 408 g/mol. The number of nitrogen functional groups attached to an aromatic ring is 1. The van der Waals surface area contributed by atoms with Crippen molar-refractivity contribution in [1.82, 2.24) is 9.97 Å². The van der Waals surface area contributed by atoms with Crippen LogP contribution in [-0.4, -0.2) is 9.97 Å². The number of hydrogen-bond acceptors (Lipinski definition) is 7. The quantitative estimate of drug-likeness (QED) is 0.473. The van der Waals surface area contributed by atoms with Crippen LogP contribution in [0.15, 0.2) is 53.7 Å². The third-order valence-electron chi connectivity index (χ3n) is 3.53. The smallest absolute Gasteiger partial charge is 0.380 e. The maximum absolute atomic E-state index is 12.9. The molecule has 0 saturated carbocycles. The van der Waals surface area contributed by atoms with E-state index in [0.717, 1.165) is 12.1 Å². The zero-order valence-electron chi connectivity index (χ0n) is 14.0. The highest BCUT2D eigenvalue weighted by molar-refractivity contribution is 6.30. The fraction of sp³-hybridized carbons (Fsp3) is 0.0588. The Balaban J connectivity index is 2.00. The summed E-state index contributed by atoms with van der Waals surface area (Å²) in [6.45, 7) is 0. The Hall–Kier alpha value is -3.40. The molecule has 2 aromatic carbocycles. The molecule has 0 aliphatic rings. The predicted molar refractivity (Wildman–Crippen MR) is 101 cm³/mol. The Kier molecular flexibility index (Phi) is 5.32. The highest BCUT2D eigenvalue weighted by Crippen LogP contribution is 2.34. The zero-order chi connectivity index (χ0) is 20.3. The number of halogens is 4. The molecule has 0 fully saturated rings. The number of nitrogens with zero attached hydrogens (tertiary/aromatic N) is 3. The van der Waals surface area contributed by atoms with E-state index in [9.17, 15) is 18.1 Å². The molecule has 11 heteroatoms. The zero-order valence-corrected chi connectivity index (χ0v) is 14.7. The van der Waals surface area contributed by atoms with Gasteiger partial charge in [0.25, 0.3) is 0 Å². The van der Waals surface area contributed by atoms with Crippen molar-refractivity contribution in [2.75, 3.05) is 16.4 Å². The van der Waals surface area contributed by atoms with Crippen molar-refractivity contribution >= 4 is 46.2 Å². The second-order valence-electron chi connectivity index (χ2n) is 5.56. The van der Waals surface area contributed by atoms with Gasteiger partial charge in [0, 0.05) is 16.4 Å². The molecule has 3 rings (SSSR count). The number of nitrogens with two attached hydrogens (primary N) is 1. The summed E-state index contributed by atoms with van der Waals surface area (Å²) in [5.74, 6) is -0.604. The molecule has 0 atom stereocenters. The molecular formula is C17H12ClF3N6O. The van der Waals surface area contributed by atoms with E-state index in [4.69, 9.17) is 17.3 Å². The van der Waals surface area contributed by atoms with Crippen molar-refractivity contribution in [3.63, 3.8) is 0 Å². The van der Waals surface area contributed by atoms with Crippen LogP contribution in [-0.2, 0) is 6.18 Å². The lowest BCUT2D eigenvalue weighted by Gasteiger charge is -2.14. The number of benzene rings is 2. The van der Waals surface area contributed by atoms with E-state index in [0.29, 0.717) is 10.7 Å². The minimum Gasteiger partial charge on any atom is -0.380 e. The average Bonchev–Trinajstić information content (AvgIpc) is 2.63. The molecule has 28 heavy (non-hydrogen) atoms. The molecular weight excluding hydrogens is 397 g/mol. The van der Waals surface area contributed by atoms with E-state index in [1.807, 2.05) is 0 Å². The van der Waals surface area contributed by atoms with E-state index >= 15 is 0 Å². The Morgan fingerprint density at radius 2 is 1.57 bits per heavy atom. The summed E-state index contributed by atoms with van der Waals surface area (Å²) in [5, 5.41) is 8.74. The Bertz CT molecular complexity index is 1030. The van der Waals surface area contributed by atoms with Gasteiger partial charge in [0.2, 0.25) is 5.82 Å². The minimum absolute atomic E-state index is 0.00389. The maximum atomic E-state index is 12.9. The molecule has 0 radical (unpaired) electrons. The summed E-state index contributed by atoms with van der Waals surface area (Å²) >= 11 is 5.94. The van der Waals surface area contributed by atoms with Gasteiger partial charge < -0.3 is 16.4 Å². The predicted octanol–water partition coefficient (Wildman–Crippen LogP) is 5.62. The molecule has 4 N–H and O–H groups in total. The van der Waals surface area contributed by atoms with Gasteiger partial charge in [-0.1, -0.05) is 23.7 Å². The van der Waals surface area contributed by atoms with Crippen molar-refractivity contribution in [3.8, 4) is 0 Å². The number of aromatic nitrogens is 2. The number of alkyl halides is 3. The van der Waals surface area contributed by atoms with Crippen molar-refractivity contribution < 1.29 is 13.2 Å². The van der Waals surface area contributed by atoms with Crippen LogP contribution in [0, 0.1) is 4.91 Å². The second kappa shape index (κ2) is 7.69. The highest BCUT2D eigenvalue weighted by atomic mass is 35.5. The highest BCUT2D eigenvalue weighted by Gasteiger charge is 2.30. The Morgan fingerprint density at radius 1 is 0.964 bits per heavy atom. The summed E-state index contributed by atoms with van der Waals surface area (Å²) in [5.41, 5.74) is 5.41. The van der Waals surface area contributed by atoms with Gasteiger partial charge >= 0.3 is 6.18 Å². The molecule has 0 aliphatic heterocycles. The van der Waals surface area contributed by atoms with Gasteiger partial charge in [0.15, 0.2) is 17.5 Å². The van der Waals surface area contributed by atoms with Crippen molar-refractivity contribution in [1.29, 1.82) is 0 Å². The van der Waals surface area contributed by atoms with Crippen molar-refractivity contribution in [2.45, 2.75) is 6.18 Å². The first-order chi connectivity index (χ1) is 13.3. The van der Waals surface area contributed by atoms with Crippen LogP contribution in [0.4, 0.5) is 47.8 Å². The number of nitroso groups, excluding NO2 is 1. The minimum atomic E-state index is -4.50. The molecule has 7 nitrogen and oxygen atoms in total. The normalized spacial score (nSPS) is 11.1. The van der Waals surface area contributed by atoms with E-state index in [-0.39, 0.29) is 29.0 Å². The molecule has 3 aromatic rings. The first-order valence-corrected chi connectivity index (χ1v) is 8.12. The number of anilines is 5.